The lowest BCUT2D eigenvalue weighted by atomic mass is 9.99. The predicted octanol–water partition coefficient (Wildman–Crippen LogP) is 5.03. The fraction of sp³-hybridized carbons (Fsp3) is 0.280. The van der Waals surface area contributed by atoms with Crippen LogP contribution in [-0.4, -0.2) is 30.6 Å². The quantitative estimate of drug-likeness (QED) is 0.522. The molecule has 0 radical (unpaired) electrons. The highest BCUT2D eigenvalue weighted by atomic mass is 19.4. The van der Waals surface area contributed by atoms with Crippen molar-refractivity contribution in [3.8, 4) is 0 Å². The van der Waals surface area contributed by atoms with Crippen LogP contribution >= 0.6 is 0 Å². The number of nitrogens with one attached hydrogen (secondary N) is 1. The average Bonchev–Trinajstić information content (AvgIpc) is 3.35. The van der Waals surface area contributed by atoms with Crippen LogP contribution in [0.1, 0.15) is 34.1 Å². The Morgan fingerprint density at radius 3 is 2.41 bits per heavy atom. The van der Waals surface area contributed by atoms with E-state index < -0.39 is 30.2 Å². The number of nitrogens with zero attached hydrogens (tertiary/aromatic N) is 1. The molecule has 2 aromatic carbocycles. The second kappa shape index (κ2) is 10.7. The van der Waals surface area contributed by atoms with Gasteiger partial charge in [0.25, 0.3) is 0 Å². The number of pyridine rings is 1. The highest BCUT2D eigenvalue weighted by Gasteiger charge is 2.31. The van der Waals surface area contributed by atoms with Gasteiger partial charge in [0.2, 0.25) is 0 Å². The van der Waals surface area contributed by atoms with Crippen LogP contribution in [0, 0.1) is 0 Å². The summed E-state index contributed by atoms with van der Waals surface area (Å²) in [6.45, 7) is 1.18. The standard InChI is InChI=1S/C25H23F3N2O4/c26-25(27,28)20-10-8-18(9-11-20)23(34-24(31)30-16-17-5-2-1-3-6-17)22-19(7-4-12-29-22)15-21-32-13-14-33-21/h1-12,21,23H,13-16H2,(H,30,31)/t23-/m0/s1. The molecule has 1 aliphatic heterocycles. The number of alkyl halides is 3. The fourth-order valence-corrected chi connectivity index (χ4v) is 3.61. The fourth-order valence-electron chi connectivity index (χ4n) is 3.61. The van der Waals surface area contributed by atoms with Crippen molar-refractivity contribution in [3.63, 3.8) is 0 Å². The van der Waals surface area contributed by atoms with Crippen molar-refractivity contribution in [1.29, 1.82) is 0 Å². The van der Waals surface area contributed by atoms with Gasteiger partial charge in [-0.05, 0) is 34.9 Å². The Balaban J connectivity index is 1.60. The monoisotopic (exact) mass is 472 g/mol. The molecule has 9 heteroatoms. The summed E-state index contributed by atoms with van der Waals surface area (Å²) in [6, 6.07) is 17.3. The third-order valence-electron chi connectivity index (χ3n) is 5.30. The smallest absolute Gasteiger partial charge is 0.416 e. The van der Waals surface area contributed by atoms with Crippen molar-refractivity contribution < 1.29 is 32.2 Å². The van der Waals surface area contributed by atoms with Crippen LogP contribution in [0.25, 0.3) is 0 Å². The molecule has 178 valence electrons. The van der Waals surface area contributed by atoms with Crippen LogP contribution in [0.15, 0.2) is 72.9 Å². The van der Waals surface area contributed by atoms with Crippen LogP contribution in [0.2, 0.25) is 0 Å². The molecule has 1 N–H and O–H groups in total. The van der Waals surface area contributed by atoms with E-state index in [-0.39, 0.29) is 6.54 Å². The number of alkyl carbamates (subject to hydrolysis) is 1. The van der Waals surface area contributed by atoms with Crippen molar-refractivity contribution >= 4 is 6.09 Å². The van der Waals surface area contributed by atoms with Gasteiger partial charge in [-0.25, -0.2) is 4.79 Å². The first kappa shape index (κ1) is 23.7. The van der Waals surface area contributed by atoms with E-state index in [4.69, 9.17) is 14.2 Å². The number of ether oxygens (including phenoxy) is 3. The number of hydrogen-bond acceptors (Lipinski definition) is 5. The SMILES string of the molecule is O=C(NCc1ccccc1)O[C@@H](c1ccc(C(F)(F)F)cc1)c1ncccc1CC1OCCO1. The molecule has 6 nitrogen and oxygen atoms in total. The van der Waals surface area contributed by atoms with Crippen LogP contribution in [-0.2, 0) is 33.4 Å². The third kappa shape index (κ3) is 6.12. The minimum atomic E-state index is -4.48. The molecule has 1 saturated heterocycles. The van der Waals surface area contributed by atoms with Crippen molar-refractivity contribution in [2.24, 2.45) is 0 Å². The molecule has 0 spiro atoms. The van der Waals surface area contributed by atoms with E-state index in [0.29, 0.717) is 36.5 Å². The van der Waals surface area contributed by atoms with Crippen molar-refractivity contribution in [2.75, 3.05) is 13.2 Å². The van der Waals surface area contributed by atoms with Gasteiger partial charge in [0.15, 0.2) is 12.4 Å². The molecule has 1 fully saturated rings. The first-order chi connectivity index (χ1) is 16.4. The lowest BCUT2D eigenvalue weighted by molar-refractivity contribution is -0.137. The van der Waals surface area contributed by atoms with Crippen LogP contribution in [0.5, 0.6) is 0 Å². The summed E-state index contributed by atoms with van der Waals surface area (Å²) in [7, 11) is 0. The van der Waals surface area contributed by atoms with Gasteiger partial charge in [-0.1, -0.05) is 48.5 Å². The topological polar surface area (TPSA) is 69.7 Å². The summed E-state index contributed by atoms with van der Waals surface area (Å²) in [6.07, 6.45) is -4.81. The Morgan fingerprint density at radius 1 is 1.03 bits per heavy atom. The molecule has 4 rings (SSSR count). The van der Waals surface area contributed by atoms with E-state index in [1.807, 2.05) is 30.3 Å². The van der Waals surface area contributed by atoms with E-state index >= 15 is 0 Å². The Hall–Kier alpha value is -3.43. The highest BCUT2D eigenvalue weighted by molar-refractivity contribution is 5.68. The second-order valence-electron chi connectivity index (χ2n) is 7.67. The number of carbonyl (C=O) groups excluding carboxylic acids is 1. The van der Waals surface area contributed by atoms with E-state index in [0.717, 1.165) is 17.7 Å². The largest absolute Gasteiger partial charge is 0.435 e. The summed E-state index contributed by atoms with van der Waals surface area (Å²) >= 11 is 0. The van der Waals surface area contributed by atoms with Gasteiger partial charge >= 0.3 is 12.3 Å². The van der Waals surface area contributed by atoms with Crippen molar-refractivity contribution in [3.05, 3.63) is 101 Å². The molecule has 1 atom stereocenters. The molecule has 3 aromatic rings. The van der Waals surface area contributed by atoms with Crippen LogP contribution in [0.3, 0.4) is 0 Å². The molecule has 2 heterocycles. The maximum atomic E-state index is 13.1. The molecular weight excluding hydrogens is 449 g/mol. The molecule has 1 aromatic heterocycles. The summed E-state index contributed by atoms with van der Waals surface area (Å²) in [5.74, 6) is 0. The molecule has 1 amide bonds. The average molecular weight is 472 g/mol. The molecule has 0 aliphatic carbocycles. The number of benzene rings is 2. The zero-order chi connectivity index (χ0) is 24.0. The maximum absolute atomic E-state index is 13.1. The molecule has 0 unspecified atom stereocenters. The summed E-state index contributed by atoms with van der Waals surface area (Å²) in [5, 5.41) is 2.68. The molecular formula is C25H23F3N2O4. The summed E-state index contributed by atoms with van der Waals surface area (Å²) in [5.41, 5.74) is 1.54. The number of halogens is 3. The second-order valence-corrected chi connectivity index (χ2v) is 7.67. The summed E-state index contributed by atoms with van der Waals surface area (Å²) < 4.78 is 56.0. The van der Waals surface area contributed by atoms with Gasteiger partial charge < -0.3 is 19.5 Å². The lowest BCUT2D eigenvalue weighted by Gasteiger charge is -2.22. The van der Waals surface area contributed by atoms with Gasteiger partial charge in [-0.3, -0.25) is 4.98 Å². The highest BCUT2D eigenvalue weighted by Crippen LogP contribution is 2.33. The lowest BCUT2D eigenvalue weighted by Crippen LogP contribution is -2.27. The Bertz CT molecular complexity index is 1090. The normalized spacial score (nSPS) is 15.1. The van der Waals surface area contributed by atoms with Gasteiger partial charge in [-0.2, -0.15) is 13.2 Å². The van der Waals surface area contributed by atoms with E-state index in [1.54, 1.807) is 12.1 Å². The van der Waals surface area contributed by atoms with Crippen LogP contribution < -0.4 is 5.32 Å². The number of carbonyl (C=O) groups is 1. The molecule has 0 saturated carbocycles. The zero-order valence-electron chi connectivity index (χ0n) is 18.1. The maximum Gasteiger partial charge on any atom is 0.416 e. The number of hydrogen-bond donors (Lipinski definition) is 1. The Kier molecular flexibility index (Phi) is 7.44. The van der Waals surface area contributed by atoms with Gasteiger partial charge in [0.1, 0.15) is 0 Å². The number of rotatable bonds is 7. The minimum absolute atomic E-state index is 0.234. The van der Waals surface area contributed by atoms with Gasteiger partial charge in [0.05, 0.1) is 24.5 Å². The van der Waals surface area contributed by atoms with Crippen molar-refractivity contribution in [2.45, 2.75) is 31.5 Å². The minimum Gasteiger partial charge on any atom is -0.435 e. The van der Waals surface area contributed by atoms with Crippen molar-refractivity contribution in [1.82, 2.24) is 10.3 Å². The first-order valence-electron chi connectivity index (χ1n) is 10.7. The first-order valence-corrected chi connectivity index (χ1v) is 10.7. The number of aromatic nitrogens is 1. The van der Waals surface area contributed by atoms with E-state index in [2.05, 4.69) is 10.3 Å². The van der Waals surface area contributed by atoms with E-state index in [9.17, 15) is 18.0 Å². The molecule has 34 heavy (non-hydrogen) atoms. The third-order valence-corrected chi connectivity index (χ3v) is 5.30. The Morgan fingerprint density at radius 2 is 1.74 bits per heavy atom. The molecule has 1 aliphatic rings. The number of amides is 1. The predicted molar refractivity (Wildman–Crippen MR) is 117 cm³/mol. The van der Waals surface area contributed by atoms with E-state index in [1.165, 1.54) is 18.3 Å². The molecule has 0 bridgehead atoms. The Labute approximate surface area is 194 Å². The van der Waals surface area contributed by atoms with Crippen LogP contribution in [0.4, 0.5) is 18.0 Å². The summed E-state index contributed by atoms with van der Waals surface area (Å²) in [4.78, 5) is 17.1. The van der Waals surface area contributed by atoms with Gasteiger partial charge in [0, 0.05) is 19.2 Å². The van der Waals surface area contributed by atoms with Gasteiger partial charge in [-0.15, -0.1) is 0 Å². The zero-order valence-corrected chi connectivity index (χ0v) is 18.1.